The highest BCUT2D eigenvalue weighted by Gasteiger charge is 2.31. The summed E-state index contributed by atoms with van der Waals surface area (Å²) >= 11 is 0. The third kappa shape index (κ3) is 4.23. The highest BCUT2D eigenvalue weighted by molar-refractivity contribution is 7.89. The number of rotatable bonds is 5. The molecule has 1 heterocycles. The van der Waals surface area contributed by atoms with Crippen LogP contribution < -0.4 is 4.74 Å². The summed E-state index contributed by atoms with van der Waals surface area (Å²) in [6.45, 7) is 4.49. The molecule has 0 radical (unpaired) electrons. The molecule has 1 unspecified atom stereocenters. The van der Waals surface area contributed by atoms with Crippen molar-refractivity contribution in [1.82, 2.24) is 4.31 Å². The van der Waals surface area contributed by atoms with Gasteiger partial charge in [-0.25, -0.2) is 12.8 Å². The Bertz CT molecular complexity index is 885. The number of hydrogen-bond donors (Lipinski definition) is 0. The molecule has 140 valence electrons. The van der Waals surface area contributed by atoms with Gasteiger partial charge in [-0.15, -0.1) is 0 Å². The number of halogens is 1. The molecule has 2 aromatic rings. The predicted molar refractivity (Wildman–Crippen MR) is 96.3 cm³/mol. The van der Waals surface area contributed by atoms with Crippen molar-refractivity contribution in [3.8, 4) is 5.75 Å². The zero-order valence-corrected chi connectivity index (χ0v) is 15.6. The van der Waals surface area contributed by atoms with Crippen molar-refractivity contribution >= 4 is 10.0 Å². The van der Waals surface area contributed by atoms with Gasteiger partial charge < -0.3 is 9.47 Å². The van der Waals surface area contributed by atoms with E-state index in [0.717, 1.165) is 11.6 Å². The van der Waals surface area contributed by atoms with Gasteiger partial charge in [-0.1, -0.05) is 18.2 Å². The Kier molecular flexibility index (Phi) is 5.60. The van der Waals surface area contributed by atoms with Crippen LogP contribution in [0, 0.1) is 19.7 Å². The monoisotopic (exact) mass is 379 g/mol. The molecular formula is C19H22FNO4S. The minimum atomic E-state index is -3.77. The van der Waals surface area contributed by atoms with Crippen LogP contribution in [0.25, 0.3) is 0 Å². The molecule has 7 heteroatoms. The maximum Gasteiger partial charge on any atom is 0.243 e. The molecule has 0 spiro atoms. The summed E-state index contributed by atoms with van der Waals surface area (Å²) in [5.41, 5.74) is 1.49. The lowest BCUT2D eigenvalue weighted by Crippen LogP contribution is -2.47. The second-order valence-electron chi connectivity index (χ2n) is 6.39. The van der Waals surface area contributed by atoms with Gasteiger partial charge in [-0.3, -0.25) is 0 Å². The summed E-state index contributed by atoms with van der Waals surface area (Å²) in [4.78, 5) is -0.0409. The van der Waals surface area contributed by atoms with Crippen LogP contribution in [0.3, 0.4) is 0 Å². The van der Waals surface area contributed by atoms with Gasteiger partial charge in [0.2, 0.25) is 10.0 Å². The van der Waals surface area contributed by atoms with E-state index in [-0.39, 0.29) is 37.3 Å². The van der Waals surface area contributed by atoms with E-state index in [1.165, 1.54) is 16.4 Å². The Labute approximate surface area is 153 Å². The van der Waals surface area contributed by atoms with E-state index < -0.39 is 15.8 Å². The van der Waals surface area contributed by atoms with Gasteiger partial charge >= 0.3 is 0 Å². The molecule has 2 aromatic carbocycles. The highest BCUT2D eigenvalue weighted by atomic mass is 32.2. The molecule has 1 fully saturated rings. The van der Waals surface area contributed by atoms with Crippen molar-refractivity contribution in [3.05, 3.63) is 59.4 Å². The average Bonchev–Trinajstić information content (AvgIpc) is 2.62. The zero-order valence-electron chi connectivity index (χ0n) is 14.8. The first-order chi connectivity index (χ1) is 12.4. The van der Waals surface area contributed by atoms with E-state index >= 15 is 0 Å². The van der Waals surface area contributed by atoms with Crippen LogP contribution in [0.15, 0.2) is 47.4 Å². The summed E-state index contributed by atoms with van der Waals surface area (Å²) in [6, 6.07) is 11.6. The van der Waals surface area contributed by atoms with Crippen LogP contribution in [0.4, 0.5) is 4.39 Å². The Hall–Kier alpha value is -1.96. The molecule has 0 amide bonds. The van der Waals surface area contributed by atoms with Gasteiger partial charge in [-0.2, -0.15) is 4.31 Å². The largest absolute Gasteiger partial charge is 0.491 e. The molecule has 1 aliphatic heterocycles. The number of nitrogens with zero attached hydrogens (tertiary/aromatic N) is 1. The van der Waals surface area contributed by atoms with Crippen molar-refractivity contribution in [2.24, 2.45) is 0 Å². The lowest BCUT2D eigenvalue weighted by molar-refractivity contribution is -0.0249. The van der Waals surface area contributed by atoms with Gasteiger partial charge in [-0.05, 0) is 49.2 Å². The Balaban J connectivity index is 1.68. The number of hydrogen-bond acceptors (Lipinski definition) is 4. The van der Waals surface area contributed by atoms with Crippen LogP contribution in [-0.4, -0.2) is 45.1 Å². The molecule has 5 nitrogen and oxygen atoms in total. The lowest BCUT2D eigenvalue weighted by Gasteiger charge is -2.32. The van der Waals surface area contributed by atoms with Crippen LogP contribution in [0.1, 0.15) is 11.1 Å². The molecule has 3 rings (SSSR count). The Morgan fingerprint density at radius 2 is 2.04 bits per heavy atom. The fraction of sp³-hybridized carbons (Fsp3) is 0.368. The molecule has 0 N–H and O–H groups in total. The summed E-state index contributed by atoms with van der Waals surface area (Å²) in [7, 11) is -3.77. The minimum absolute atomic E-state index is 0.0409. The summed E-state index contributed by atoms with van der Waals surface area (Å²) in [5.74, 6) is 0.188. The van der Waals surface area contributed by atoms with E-state index in [4.69, 9.17) is 9.47 Å². The Morgan fingerprint density at radius 1 is 1.23 bits per heavy atom. The molecule has 26 heavy (non-hydrogen) atoms. The lowest BCUT2D eigenvalue weighted by atomic mass is 10.2. The average molecular weight is 379 g/mol. The van der Waals surface area contributed by atoms with Gasteiger partial charge in [0.05, 0.1) is 11.5 Å². The number of sulfonamides is 1. The van der Waals surface area contributed by atoms with Crippen molar-refractivity contribution in [2.75, 3.05) is 26.3 Å². The Morgan fingerprint density at radius 3 is 2.77 bits per heavy atom. The highest BCUT2D eigenvalue weighted by Crippen LogP contribution is 2.21. The molecule has 0 aliphatic carbocycles. The van der Waals surface area contributed by atoms with Gasteiger partial charge in [0.15, 0.2) is 0 Å². The number of aryl methyl sites for hydroxylation is 2. The summed E-state index contributed by atoms with van der Waals surface area (Å²) < 4.78 is 52.0. The second kappa shape index (κ2) is 7.73. The smallest absolute Gasteiger partial charge is 0.243 e. The van der Waals surface area contributed by atoms with E-state index in [1.807, 2.05) is 31.2 Å². The molecule has 1 aliphatic rings. The van der Waals surface area contributed by atoms with Crippen molar-refractivity contribution in [1.29, 1.82) is 0 Å². The zero-order chi connectivity index (χ0) is 18.7. The molecular weight excluding hydrogens is 357 g/mol. The quantitative estimate of drug-likeness (QED) is 0.802. The number of morpholine rings is 1. The molecule has 0 saturated carbocycles. The van der Waals surface area contributed by atoms with Gasteiger partial charge in [0.1, 0.15) is 24.3 Å². The molecule has 1 atom stereocenters. The maximum absolute atomic E-state index is 13.8. The van der Waals surface area contributed by atoms with E-state index in [1.54, 1.807) is 6.92 Å². The third-order valence-electron chi connectivity index (χ3n) is 4.31. The summed E-state index contributed by atoms with van der Waals surface area (Å²) in [6.07, 6.45) is -0.380. The van der Waals surface area contributed by atoms with Crippen LogP contribution >= 0.6 is 0 Å². The van der Waals surface area contributed by atoms with Gasteiger partial charge in [0.25, 0.3) is 0 Å². The molecule has 1 saturated heterocycles. The van der Waals surface area contributed by atoms with Crippen LogP contribution in [0.5, 0.6) is 5.75 Å². The fourth-order valence-electron chi connectivity index (χ4n) is 2.79. The predicted octanol–water partition coefficient (Wildman–Crippen LogP) is 2.91. The molecule has 0 aromatic heterocycles. The molecule has 0 bridgehead atoms. The van der Waals surface area contributed by atoms with Crippen molar-refractivity contribution < 1.29 is 22.3 Å². The van der Waals surface area contributed by atoms with Crippen molar-refractivity contribution in [2.45, 2.75) is 24.8 Å². The summed E-state index contributed by atoms with van der Waals surface area (Å²) in [5, 5.41) is 0. The second-order valence-corrected chi connectivity index (χ2v) is 8.33. The number of benzene rings is 2. The third-order valence-corrected chi connectivity index (χ3v) is 6.17. The normalized spacial score (nSPS) is 18.7. The topological polar surface area (TPSA) is 55.8 Å². The van der Waals surface area contributed by atoms with Crippen molar-refractivity contribution in [3.63, 3.8) is 0 Å². The van der Waals surface area contributed by atoms with Gasteiger partial charge in [0, 0.05) is 13.1 Å². The fourth-order valence-corrected chi connectivity index (χ4v) is 4.26. The standard InChI is InChI=1S/C19H22FNO4S/c1-14-4-3-5-16(10-14)25-13-17-12-21(8-9-24-17)26(22,23)18-7-6-15(2)19(20)11-18/h3-7,10-11,17H,8-9,12-13H2,1-2H3. The van der Waals surface area contributed by atoms with E-state index in [9.17, 15) is 12.8 Å². The number of ether oxygens (including phenoxy) is 2. The van der Waals surface area contributed by atoms with E-state index in [0.29, 0.717) is 11.3 Å². The first kappa shape index (κ1) is 18.8. The van der Waals surface area contributed by atoms with Crippen LogP contribution in [-0.2, 0) is 14.8 Å². The first-order valence-electron chi connectivity index (χ1n) is 8.43. The SMILES string of the molecule is Cc1cccc(OCC2CN(S(=O)(=O)c3ccc(C)c(F)c3)CCO2)c1. The van der Waals surface area contributed by atoms with E-state index in [2.05, 4.69) is 0 Å². The first-order valence-corrected chi connectivity index (χ1v) is 9.87. The van der Waals surface area contributed by atoms with Crippen LogP contribution in [0.2, 0.25) is 0 Å². The minimum Gasteiger partial charge on any atom is -0.491 e. The maximum atomic E-state index is 13.8.